The van der Waals surface area contributed by atoms with Crippen molar-refractivity contribution in [2.45, 2.75) is 0 Å². The van der Waals surface area contributed by atoms with Gasteiger partial charge in [-0.05, 0) is 24.3 Å². The number of nitrogens with zero attached hydrogens (tertiary/aromatic N) is 4. The molecule has 1 N–H and O–H groups in total. The lowest BCUT2D eigenvalue weighted by atomic mass is 10.0. The fourth-order valence-corrected chi connectivity index (χ4v) is 2.71. The van der Waals surface area contributed by atoms with Crippen LogP contribution in [0.1, 0.15) is 10.4 Å². The van der Waals surface area contributed by atoms with E-state index in [1.165, 1.54) is 0 Å². The van der Waals surface area contributed by atoms with E-state index in [9.17, 15) is 4.79 Å². The summed E-state index contributed by atoms with van der Waals surface area (Å²) >= 11 is 0. The molecule has 0 aliphatic heterocycles. The first-order chi connectivity index (χ1) is 12.2. The van der Waals surface area contributed by atoms with E-state index in [0.29, 0.717) is 16.9 Å². The van der Waals surface area contributed by atoms with Crippen LogP contribution in [0.5, 0.6) is 0 Å². The number of rotatable bonds is 3. The van der Waals surface area contributed by atoms with Gasteiger partial charge in [-0.3, -0.25) is 14.5 Å². The molecule has 4 aromatic rings. The zero-order valence-corrected chi connectivity index (χ0v) is 13.5. The molecular formula is C19H15N5O. The standard InChI is InChI=1S/C19H15N5O/c1-24-12-14(11-21-24)22-19(25)16-9-18(13-5-4-8-20-10-13)23-17-7-3-2-6-15(16)17/h2-12H,1H3,(H,22,25). The van der Waals surface area contributed by atoms with Gasteiger partial charge in [-0.1, -0.05) is 18.2 Å². The first-order valence-corrected chi connectivity index (χ1v) is 7.81. The minimum atomic E-state index is -0.197. The third-order valence-electron chi connectivity index (χ3n) is 3.88. The van der Waals surface area contributed by atoms with Crippen LogP contribution in [0.15, 0.2) is 67.3 Å². The maximum Gasteiger partial charge on any atom is 0.256 e. The number of pyridine rings is 2. The van der Waals surface area contributed by atoms with Crippen LogP contribution in [0.25, 0.3) is 22.2 Å². The van der Waals surface area contributed by atoms with Gasteiger partial charge < -0.3 is 5.32 Å². The van der Waals surface area contributed by atoms with Gasteiger partial charge in [0.25, 0.3) is 5.91 Å². The predicted molar refractivity (Wildman–Crippen MR) is 96.1 cm³/mol. The highest BCUT2D eigenvalue weighted by molar-refractivity contribution is 6.13. The minimum absolute atomic E-state index is 0.197. The van der Waals surface area contributed by atoms with E-state index in [1.807, 2.05) is 36.4 Å². The predicted octanol–water partition coefficient (Wildman–Crippen LogP) is 3.28. The molecule has 25 heavy (non-hydrogen) atoms. The van der Waals surface area contributed by atoms with Gasteiger partial charge in [0.1, 0.15) is 0 Å². The van der Waals surface area contributed by atoms with Crippen LogP contribution in [0.4, 0.5) is 5.69 Å². The summed E-state index contributed by atoms with van der Waals surface area (Å²) in [5.74, 6) is -0.197. The summed E-state index contributed by atoms with van der Waals surface area (Å²) < 4.78 is 1.64. The van der Waals surface area contributed by atoms with E-state index in [1.54, 1.807) is 42.6 Å². The summed E-state index contributed by atoms with van der Waals surface area (Å²) in [7, 11) is 1.80. The number of para-hydroxylation sites is 1. The molecule has 0 atom stereocenters. The van der Waals surface area contributed by atoms with E-state index in [2.05, 4.69) is 20.4 Å². The Hall–Kier alpha value is -3.54. The van der Waals surface area contributed by atoms with Crippen LogP contribution >= 0.6 is 0 Å². The molecule has 6 nitrogen and oxygen atoms in total. The first-order valence-electron chi connectivity index (χ1n) is 7.81. The molecule has 3 heterocycles. The fraction of sp³-hybridized carbons (Fsp3) is 0.0526. The highest BCUT2D eigenvalue weighted by Gasteiger charge is 2.14. The van der Waals surface area contributed by atoms with Crippen molar-refractivity contribution in [1.29, 1.82) is 0 Å². The Morgan fingerprint density at radius 3 is 2.76 bits per heavy atom. The average molecular weight is 329 g/mol. The van der Waals surface area contributed by atoms with Crippen LogP contribution in [-0.2, 0) is 7.05 Å². The molecule has 0 aliphatic rings. The van der Waals surface area contributed by atoms with Gasteiger partial charge in [0.05, 0.1) is 28.7 Å². The molecule has 4 rings (SSSR count). The number of amides is 1. The van der Waals surface area contributed by atoms with Crippen molar-refractivity contribution in [3.63, 3.8) is 0 Å². The Balaban J connectivity index is 1.82. The van der Waals surface area contributed by atoms with Crippen LogP contribution in [0.2, 0.25) is 0 Å². The summed E-state index contributed by atoms with van der Waals surface area (Å²) in [5.41, 5.74) is 3.55. The number of aromatic nitrogens is 4. The number of carbonyl (C=O) groups is 1. The van der Waals surface area contributed by atoms with Gasteiger partial charge in [0, 0.05) is 36.6 Å². The van der Waals surface area contributed by atoms with E-state index in [-0.39, 0.29) is 5.91 Å². The Morgan fingerprint density at radius 1 is 1.12 bits per heavy atom. The van der Waals surface area contributed by atoms with Crippen molar-refractivity contribution in [1.82, 2.24) is 19.7 Å². The number of carbonyl (C=O) groups excluding carboxylic acids is 1. The van der Waals surface area contributed by atoms with Gasteiger partial charge in [-0.25, -0.2) is 4.98 Å². The third kappa shape index (κ3) is 2.97. The number of benzene rings is 1. The van der Waals surface area contributed by atoms with Crippen molar-refractivity contribution in [3.8, 4) is 11.3 Å². The largest absolute Gasteiger partial charge is 0.319 e. The lowest BCUT2D eigenvalue weighted by Gasteiger charge is -2.09. The lowest BCUT2D eigenvalue weighted by Crippen LogP contribution is -2.12. The molecule has 122 valence electrons. The molecule has 0 unspecified atom stereocenters. The molecule has 3 aromatic heterocycles. The fourth-order valence-electron chi connectivity index (χ4n) is 2.71. The van der Waals surface area contributed by atoms with Crippen LogP contribution in [0.3, 0.4) is 0 Å². The van der Waals surface area contributed by atoms with Crippen molar-refractivity contribution >= 4 is 22.5 Å². The van der Waals surface area contributed by atoms with Gasteiger partial charge in [0.15, 0.2) is 0 Å². The highest BCUT2D eigenvalue weighted by atomic mass is 16.1. The van der Waals surface area contributed by atoms with E-state index < -0.39 is 0 Å². The van der Waals surface area contributed by atoms with Crippen LogP contribution in [0, 0.1) is 0 Å². The molecule has 6 heteroatoms. The molecule has 1 amide bonds. The second-order valence-corrected chi connectivity index (χ2v) is 5.67. The molecule has 0 saturated heterocycles. The molecule has 0 radical (unpaired) electrons. The summed E-state index contributed by atoms with van der Waals surface area (Å²) in [6, 6.07) is 13.2. The molecular weight excluding hydrogens is 314 g/mol. The Bertz CT molecular complexity index is 1060. The first kappa shape index (κ1) is 15.0. The van der Waals surface area contributed by atoms with E-state index in [0.717, 1.165) is 16.5 Å². The molecule has 0 fully saturated rings. The second-order valence-electron chi connectivity index (χ2n) is 5.67. The number of hydrogen-bond donors (Lipinski definition) is 1. The second kappa shape index (κ2) is 6.16. The number of aryl methyl sites for hydroxylation is 1. The van der Waals surface area contributed by atoms with Crippen molar-refractivity contribution < 1.29 is 4.79 Å². The van der Waals surface area contributed by atoms with Crippen molar-refractivity contribution in [2.75, 3.05) is 5.32 Å². The minimum Gasteiger partial charge on any atom is -0.319 e. The topological polar surface area (TPSA) is 72.7 Å². The Kier molecular flexibility index (Phi) is 3.70. The highest BCUT2D eigenvalue weighted by Crippen LogP contribution is 2.25. The van der Waals surface area contributed by atoms with Crippen LogP contribution in [-0.4, -0.2) is 25.7 Å². The molecule has 1 aromatic carbocycles. The molecule has 0 bridgehead atoms. The molecule has 0 spiro atoms. The van der Waals surface area contributed by atoms with Crippen LogP contribution < -0.4 is 5.32 Å². The average Bonchev–Trinajstić information content (AvgIpc) is 3.06. The normalized spacial score (nSPS) is 10.8. The third-order valence-corrected chi connectivity index (χ3v) is 3.88. The zero-order valence-electron chi connectivity index (χ0n) is 13.5. The Labute approximate surface area is 144 Å². The van der Waals surface area contributed by atoms with E-state index in [4.69, 9.17) is 0 Å². The van der Waals surface area contributed by atoms with Gasteiger partial charge in [0.2, 0.25) is 0 Å². The quantitative estimate of drug-likeness (QED) is 0.626. The van der Waals surface area contributed by atoms with Crippen molar-refractivity contribution in [3.05, 3.63) is 72.8 Å². The number of hydrogen-bond acceptors (Lipinski definition) is 4. The Morgan fingerprint density at radius 2 is 2.00 bits per heavy atom. The smallest absolute Gasteiger partial charge is 0.256 e. The SMILES string of the molecule is Cn1cc(NC(=O)c2cc(-c3cccnc3)nc3ccccc23)cn1. The maximum atomic E-state index is 12.8. The van der Waals surface area contributed by atoms with Gasteiger partial charge in [-0.2, -0.15) is 5.10 Å². The maximum absolute atomic E-state index is 12.8. The summed E-state index contributed by atoms with van der Waals surface area (Å²) in [4.78, 5) is 21.6. The van der Waals surface area contributed by atoms with Gasteiger partial charge in [-0.15, -0.1) is 0 Å². The lowest BCUT2D eigenvalue weighted by molar-refractivity contribution is 0.102. The zero-order chi connectivity index (χ0) is 17.2. The van der Waals surface area contributed by atoms with Crippen molar-refractivity contribution in [2.24, 2.45) is 7.05 Å². The molecule has 0 aliphatic carbocycles. The van der Waals surface area contributed by atoms with E-state index >= 15 is 0 Å². The monoisotopic (exact) mass is 329 g/mol. The number of nitrogens with one attached hydrogen (secondary N) is 1. The molecule has 0 saturated carbocycles. The van der Waals surface area contributed by atoms with Gasteiger partial charge >= 0.3 is 0 Å². The summed E-state index contributed by atoms with van der Waals surface area (Å²) in [6.07, 6.45) is 6.81. The number of anilines is 1. The summed E-state index contributed by atoms with van der Waals surface area (Å²) in [6.45, 7) is 0. The summed E-state index contributed by atoms with van der Waals surface area (Å²) in [5, 5.41) is 7.76. The number of fused-ring (bicyclic) bond motifs is 1.